The van der Waals surface area contributed by atoms with Crippen molar-refractivity contribution in [3.05, 3.63) is 48.6 Å². The fourth-order valence-corrected chi connectivity index (χ4v) is 2.54. The normalized spacial score (nSPS) is 38.1. The first kappa shape index (κ1) is 16.1. The molecule has 2 aliphatic rings. The van der Waals surface area contributed by atoms with E-state index in [4.69, 9.17) is 23.7 Å². The largest absolute Gasteiger partial charge is 0.371 e. The molecule has 0 saturated carbocycles. The molecule has 5 heteroatoms. The minimum atomic E-state index is -1.09. The second kappa shape index (κ2) is 6.68. The highest BCUT2D eigenvalue weighted by atomic mass is 16.8. The van der Waals surface area contributed by atoms with Crippen LogP contribution in [0.5, 0.6) is 0 Å². The van der Waals surface area contributed by atoms with Crippen LogP contribution in [0.15, 0.2) is 48.6 Å². The van der Waals surface area contributed by atoms with Crippen molar-refractivity contribution in [2.24, 2.45) is 0 Å². The third-order valence-electron chi connectivity index (χ3n) is 3.71. The second-order valence-corrected chi connectivity index (χ2v) is 4.75. The van der Waals surface area contributed by atoms with Crippen LogP contribution in [-0.2, 0) is 23.7 Å². The van der Waals surface area contributed by atoms with Crippen molar-refractivity contribution >= 4 is 0 Å². The lowest BCUT2D eigenvalue weighted by Crippen LogP contribution is -2.57. The van der Waals surface area contributed by atoms with Crippen LogP contribution in [0.25, 0.3) is 0 Å². The van der Waals surface area contributed by atoms with Gasteiger partial charge < -0.3 is 23.7 Å². The van der Waals surface area contributed by atoms with Crippen LogP contribution in [-0.4, -0.2) is 52.2 Å². The summed E-state index contributed by atoms with van der Waals surface area (Å²) in [5.41, 5.74) is 0. The Kier molecular flexibility index (Phi) is 5.13. The van der Waals surface area contributed by atoms with E-state index < -0.39 is 23.8 Å². The Bertz CT molecular complexity index is 425. The molecule has 2 aliphatic carbocycles. The summed E-state index contributed by atoms with van der Waals surface area (Å²) in [4.78, 5) is 0. The van der Waals surface area contributed by atoms with E-state index in [-0.39, 0.29) is 0 Å². The first-order valence-electron chi connectivity index (χ1n) is 6.74. The first-order valence-corrected chi connectivity index (χ1v) is 6.74. The lowest BCUT2D eigenvalue weighted by atomic mass is 10.00. The molecule has 116 valence electrons. The molecule has 0 fully saturated rings. The summed E-state index contributed by atoms with van der Waals surface area (Å²) in [6.45, 7) is 0. The lowest BCUT2D eigenvalue weighted by molar-refractivity contribution is -0.350. The summed E-state index contributed by atoms with van der Waals surface area (Å²) >= 11 is 0. The van der Waals surface area contributed by atoms with Gasteiger partial charge in [0.05, 0.1) is 0 Å². The first-order chi connectivity index (χ1) is 10.2. The van der Waals surface area contributed by atoms with Crippen molar-refractivity contribution in [1.82, 2.24) is 0 Å². The van der Waals surface area contributed by atoms with Gasteiger partial charge >= 0.3 is 0 Å². The van der Waals surface area contributed by atoms with Crippen LogP contribution in [0.1, 0.15) is 0 Å². The molecule has 0 aromatic heterocycles. The number of methoxy groups -OCH3 is 4. The molecule has 0 saturated heterocycles. The quantitative estimate of drug-likeness (QED) is 0.701. The molecule has 21 heavy (non-hydrogen) atoms. The van der Waals surface area contributed by atoms with E-state index in [1.165, 1.54) is 0 Å². The van der Waals surface area contributed by atoms with Crippen molar-refractivity contribution in [3.63, 3.8) is 0 Å². The van der Waals surface area contributed by atoms with Crippen molar-refractivity contribution in [3.8, 4) is 0 Å². The average Bonchev–Trinajstić information content (AvgIpc) is 2.55. The van der Waals surface area contributed by atoms with Gasteiger partial charge in [0.25, 0.3) is 0 Å². The van der Waals surface area contributed by atoms with Crippen LogP contribution in [0.4, 0.5) is 0 Å². The Balaban J connectivity index is 2.35. The zero-order chi connectivity index (χ0) is 15.3. The standard InChI is InChI=1S/C16H22O5/c1-17-13-9-5-7-11-15(13,19-3)21-16(20-4)12-8-6-10-14(16)18-2/h5-14H,1-4H3. The number of rotatable bonds is 6. The Hall–Kier alpha value is -1.24. The van der Waals surface area contributed by atoms with E-state index in [1.54, 1.807) is 40.6 Å². The topological polar surface area (TPSA) is 46.2 Å². The Morgan fingerprint density at radius 3 is 1.43 bits per heavy atom. The van der Waals surface area contributed by atoms with Gasteiger partial charge in [0.1, 0.15) is 12.2 Å². The number of allylic oxidation sites excluding steroid dienone is 4. The van der Waals surface area contributed by atoms with E-state index in [2.05, 4.69) is 0 Å². The molecule has 2 rings (SSSR count). The molecular weight excluding hydrogens is 272 g/mol. The summed E-state index contributed by atoms with van der Waals surface area (Å²) in [5.74, 6) is -2.18. The van der Waals surface area contributed by atoms with Gasteiger partial charge in [-0.2, -0.15) is 0 Å². The van der Waals surface area contributed by atoms with E-state index in [9.17, 15) is 0 Å². The van der Waals surface area contributed by atoms with Crippen LogP contribution in [0.3, 0.4) is 0 Å². The molecule has 4 unspecified atom stereocenters. The Morgan fingerprint density at radius 2 is 1.10 bits per heavy atom. The smallest absolute Gasteiger partial charge is 0.221 e. The molecule has 0 heterocycles. The highest BCUT2D eigenvalue weighted by Crippen LogP contribution is 2.36. The third-order valence-corrected chi connectivity index (χ3v) is 3.71. The summed E-state index contributed by atoms with van der Waals surface area (Å²) in [7, 11) is 6.36. The van der Waals surface area contributed by atoms with Gasteiger partial charge in [-0.3, -0.25) is 0 Å². The molecule has 4 atom stereocenters. The molecule has 0 aromatic carbocycles. The highest BCUT2D eigenvalue weighted by molar-refractivity contribution is 5.25. The van der Waals surface area contributed by atoms with E-state index >= 15 is 0 Å². The molecule has 5 nitrogen and oxygen atoms in total. The van der Waals surface area contributed by atoms with Crippen molar-refractivity contribution in [2.75, 3.05) is 28.4 Å². The summed E-state index contributed by atoms with van der Waals surface area (Å²) in [5, 5.41) is 0. The summed E-state index contributed by atoms with van der Waals surface area (Å²) in [6, 6.07) is 0. The van der Waals surface area contributed by atoms with Gasteiger partial charge in [0, 0.05) is 28.4 Å². The highest BCUT2D eigenvalue weighted by Gasteiger charge is 2.49. The van der Waals surface area contributed by atoms with Gasteiger partial charge in [-0.1, -0.05) is 36.5 Å². The zero-order valence-electron chi connectivity index (χ0n) is 12.8. The van der Waals surface area contributed by atoms with Crippen molar-refractivity contribution in [2.45, 2.75) is 23.8 Å². The maximum absolute atomic E-state index is 6.24. The number of hydrogen-bond donors (Lipinski definition) is 0. The van der Waals surface area contributed by atoms with Gasteiger partial charge in [-0.05, 0) is 12.2 Å². The van der Waals surface area contributed by atoms with E-state index in [1.807, 2.05) is 36.5 Å². The van der Waals surface area contributed by atoms with Crippen molar-refractivity contribution in [1.29, 1.82) is 0 Å². The van der Waals surface area contributed by atoms with Crippen molar-refractivity contribution < 1.29 is 23.7 Å². The summed E-state index contributed by atoms with van der Waals surface area (Å²) in [6.07, 6.45) is 14.1. The molecule has 0 aromatic rings. The van der Waals surface area contributed by atoms with Crippen LogP contribution >= 0.6 is 0 Å². The van der Waals surface area contributed by atoms with Gasteiger partial charge in [-0.25, -0.2) is 0 Å². The predicted octanol–water partition coefficient (Wildman–Crippen LogP) is 1.97. The SMILES string of the molecule is COC1C=CC=CC1(OC)OC1(OC)C=CC=CC1OC. The predicted molar refractivity (Wildman–Crippen MR) is 78.7 cm³/mol. The summed E-state index contributed by atoms with van der Waals surface area (Å²) < 4.78 is 28.4. The molecule has 0 N–H and O–H groups in total. The van der Waals surface area contributed by atoms with Crippen LogP contribution in [0.2, 0.25) is 0 Å². The fourth-order valence-electron chi connectivity index (χ4n) is 2.54. The third kappa shape index (κ3) is 2.88. The Labute approximate surface area is 125 Å². The monoisotopic (exact) mass is 294 g/mol. The molecule has 0 radical (unpaired) electrons. The maximum Gasteiger partial charge on any atom is 0.221 e. The van der Waals surface area contributed by atoms with Crippen LogP contribution < -0.4 is 0 Å². The van der Waals surface area contributed by atoms with Gasteiger partial charge in [0.15, 0.2) is 0 Å². The lowest BCUT2D eigenvalue weighted by Gasteiger charge is -2.45. The van der Waals surface area contributed by atoms with E-state index in [0.29, 0.717) is 0 Å². The van der Waals surface area contributed by atoms with Gasteiger partial charge in [-0.15, -0.1) is 0 Å². The average molecular weight is 294 g/mol. The minimum absolute atomic E-state index is 0.392. The molecular formula is C16H22O5. The zero-order valence-corrected chi connectivity index (χ0v) is 12.8. The maximum atomic E-state index is 6.24. The fraction of sp³-hybridized carbons (Fsp3) is 0.500. The minimum Gasteiger partial charge on any atom is -0.371 e. The van der Waals surface area contributed by atoms with Gasteiger partial charge in [0.2, 0.25) is 11.6 Å². The number of ether oxygens (including phenoxy) is 5. The second-order valence-electron chi connectivity index (χ2n) is 4.75. The molecule has 0 aliphatic heterocycles. The number of hydrogen-bond acceptors (Lipinski definition) is 5. The Morgan fingerprint density at radius 1 is 0.667 bits per heavy atom. The van der Waals surface area contributed by atoms with E-state index in [0.717, 1.165) is 0 Å². The molecule has 0 amide bonds. The van der Waals surface area contributed by atoms with Crippen LogP contribution in [0, 0.1) is 0 Å². The molecule has 0 bridgehead atoms. The molecule has 0 spiro atoms.